The lowest BCUT2D eigenvalue weighted by molar-refractivity contribution is -0.130. The summed E-state index contributed by atoms with van der Waals surface area (Å²) < 4.78 is 0. The average Bonchev–Trinajstić information content (AvgIpc) is 2.85. The summed E-state index contributed by atoms with van der Waals surface area (Å²) in [5, 5.41) is 3.68. The average molecular weight is 325 g/mol. The number of thioether (sulfide) groups is 1. The van der Waals surface area contributed by atoms with Crippen LogP contribution in [0.3, 0.4) is 0 Å². The van der Waals surface area contributed by atoms with Gasteiger partial charge in [0.15, 0.2) is 0 Å². The Hall–Kier alpha value is -1.20. The van der Waals surface area contributed by atoms with Crippen molar-refractivity contribution in [2.75, 3.05) is 18.8 Å². The van der Waals surface area contributed by atoms with Gasteiger partial charge in [0.2, 0.25) is 11.8 Å². The van der Waals surface area contributed by atoms with Gasteiger partial charge in [0.25, 0.3) is 0 Å². The second-order valence-electron chi connectivity index (χ2n) is 5.51. The molecule has 0 radical (unpaired) electrons. The third-order valence-electron chi connectivity index (χ3n) is 4.06. The second kappa shape index (κ2) is 6.28. The topological polar surface area (TPSA) is 49.4 Å². The molecule has 0 unspecified atom stereocenters. The van der Waals surface area contributed by atoms with Crippen LogP contribution in [-0.4, -0.2) is 41.6 Å². The van der Waals surface area contributed by atoms with Crippen LogP contribution < -0.4 is 5.32 Å². The van der Waals surface area contributed by atoms with Crippen LogP contribution in [0.5, 0.6) is 0 Å². The van der Waals surface area contributed by atoms with E-state index in [1.807, 2.05) is 29.2 Å². The van der Waals surface area contributed by atoms with Gasteiger partial charge in [-0.3, -0.25) is 9.59 Å². The van der Waals surface area contributed by atoms with Crippen LogP contribution >= 0.6 is 23.4 Å². The van der Waals surface area contributed by atoms with Crippen molar-refractivity contribution in [3.8, 4) is 0 Å². The normalized spacial score (nSPS) is 24.6. The number of nitrogens with one attached hydrogen (secondary N) is 1. The van der Waals surface area contributed by atoms with E-state index in [1.54, 1.807) is 0 Å². The number of halogens is 1. The molecule has 0 saturated carbocycles. The number of fused-ring (bicyclic) bond motifs is 1. The summed E-state index contributed by atoms with van der Waals surface area (Å²) in [6, 6.07) is 7.77. The molecule has 0 aromatic heterocycles. The number of hydrogen-bond acceptors (Lipinski definition) is 3. The lowest BCUT2D eigenvalue weighted by Crippen LogP contribution is -2.47. The molecule has 1 N–H and O–H groups in total. The van der Waals surface area contributed by atoms with Gasteiger partial charge in [0, 0.05) is 41.4 Å². The van der Waals surface area contributed by atoms with Gasteiger partial charge in [0.1, 0.15) is 0 Å². The first-order valence-electron chi connectivity index (χ1n) is 7.07. The molecule has 0 bridgehead atoms. The van der Waals surface area contributed by atoms with Crippen LogP contribution in [0.1, 0.15) is 12.8 Å². The maximum Gasteiger partial charge on any atom is 0.232 e. The minimum atomic E-state index is 0.120. The number of piperidine rings is 1. The first-order valence-corrected chi connectivity index (χ1v) is 8.43. The van der Waals surface area contributed by atoms with E-state index in [9.17, 15) is 9.59 Å². The Morgan fingerprint density at radius 1 is 1.38 bits per heavy atom. The van der Waals surface area contributed by atoms with Gasteiger partial charge >= 0.3 is 0 Å². The molecule has 0 aliphatic carbocycles. The summed E-state index contributed by atoms with van der Waals surface area (Å²) in [5.74, 6) is 0.985. The van der Waals surface area contributed by atoms with Gasteiger partial charge in [-0.2, -0.15) is 0 Å². The van der Waals surface area contributed by atoms with E-state index >= 15 is 0 Å². The van der Waals surface area contributed by atoms with Gasteiger partial charge in [-0.25, -0.2) is 0 Å². The Bertz CT molecular complexity index is 549. The molecule has 2 fully saturated rings. The molecule has 3 rings (SSSR count). The smallest absolute Gasteiger partial charge is 0.232 e. The van der Waals surface area contributed by atoms with Crippen molar-refractivity contribution < 1.29 is 9.59 Å². The van der Waals surface area contributed by atoms with Gasteiger partial charge in [-0.1, -0.05) is 11.6 Å². The molecule has 2 saturated heterocycles. The molecule has 2 atom stereocenters. The first kappa shape index (κ1) is 14.7. The minimum Gasteiger partial charge on any atom is -0.353 e. The fourth-order valence-electron chi connectivity index (χ4n) is 2.93. The first-order chi connectivity index (χ1) is 10.1. The van der Waals surface area contributed by atoms with Crippen LogP contribution in [0, 0.1) is 5.92 Å². The van der Waals surface area contributed by atoms with E-state index in [1.165, 1.54) is 11.8 Å². The zero-order valence-corrected chi connectivity index (χ0v) is 13.1. The molecule has 0 spiro atoms. The van der Waals surface area contributed by atoms with Crippen molar-refractivity contribution >= 4 is 35.2 Å². The third kappa shape index (κ3) is 3.52. The fraction of sp³-hybridized carbons (Fsp3) is 0.467. The van der Waals surface area contributed by atoms with Crippen LogP contribution in [0.25, 0.3) is 0 Å². The zero-order valence-electron chi connectivity index (χ0n) is 11.5. The van der Waals surface area contributed by atoms with Crippen molar-refractivity contribution in [2.45, 2.75) is 23.8 Å². The molecule has 6 heteroatoms. The predicted molar refractivity (Wildman–Crippen MR) is 83.4 cm³/mol. The highest BCUT2D eigenvalue weighted by Gasteiger charge is 2.37. The fourth-order valence-corrected chi connectivity index (χ4v) is 3.85. The minimum absolute atomic E-state index is 0.120. The van der Waals surface area contributed by atoms with E-state index < -0.39 is 0 Å². The number of hydrogen-bond donors (Lipinski definition) is 1. The Kier molecular flexibility index (Phi) is 4.40. The largest absolute Gasteiger partial charge is 0.353 e. The van der Waals surface area contributed by atoms with Gasteiger partial charge in [-0.15, -0.1) is 11.8 Å². The molecule has 1 aromatic rings. The van der Waals surface area contributed by atoms with Crippen LogP contribution in [-0.2, 0) is 9.59 Å². The molecular formula is C15H17ClN2O2S. The monoisotopic (exact) mass is 324 g/mol. The Morgan fingerprint density at radius 3 is 2.90 bits per heavy atom. The molecule has 2 aliphatic heterocycles. The van der Waals surface area contributed by atoms with E-state index in [4.69, 9.17) is 11.6 Å². The van der Waals surface area contributed by atoms with Crippen LogP contribution in [0.2, 0.25) is 5.02 Å². The summed E-state index contributed by atoms with van der Waals surface area (Å²) in [4.78, 5) is 26.6. The highest BCUT2D eigenvalue weighted by molar-refractivity contribution is 8.00. The number of rotatable bonds is 3. The number of carbonyl (C=O) groups excluding carboxylic acids is 2. The van der Waals surface area contributed by atoms with E-state index in [2.05, 4.69) is 5.32 Å². The number of carbonyl (C=O) groups is 2. The second-order valence-corrected chi connectivity index (χ2v) is 6.99. The van der Waals surface area contributed by atoms with Gasteiger partial charge in [0.05, 0.1) is 5.75 Å². The zero-order chi connectivity index (χ0) is 14.8. The maximum absolute atomic E-state index is 12.3. The van der Waals surface area contributed by atoms with Crippen LogP contribution in [0.4, 0.5) is 0 Å². The molecular weight excluding hydrogens is 308 g/mol. The maximum atomic E-state index is 12.3. The van der Waals surface area contributed by atoms with Crippen molar-refractivity contribution in [2.24, 2.45) is 5.92 Å². The SMILES string of the molecule is O=C1C[C@@H]2CN(C(=O)CSc3ccc(Cl)cc3)CC[C@@H]2N1. The number of nitrogens with zero attached hydrogens (tertiary/aromatic N) is 1. The highest BCUT2D eigenvalue weighted by atomic mass is 35.5. The van der Waals surface area contributed by atoms with Crippen molar-refractivity contribution in [3.63, 3.8) is 0 Å². The number of benzene rings is 1. The predicted octanol–water partition coefficient (Wildman–Crippen LogP) is 2.17. The van der Waals surface area contributed by atoms with E-state index in [0.29, 0.717) is 23.7 Å². The summed E-state index contributed by atoms with van der Waals surface area (Å²) in [6.07, 6.45) is 1.42. The quantitative estimate of drug-likeness (QED) is 0.867. The number of likely N-dealkylation sites (tertiary alicyclic amines) is 1. The standard InChI is InChI=1S/C15H17ClN2O2S/c16-11-1-3-12(4-2-11)21-9-15(20)18-6-5-13-10(8-18)7-14(19)17-13/h1-4,10,13H,5-9H2,(H,17,19)/t10-,13+/m1/s1. The lowest BCUT2D eigenvalue weighted by atomic mass is 9.93. The molecule has 21 heavy (non-hydrogen) atoms. The Morgan fingerprint density at radius 2 is 2.14 bits per heavy atom. The Balaban J connectivity index is 1.51. The summed E-state index contributed by atoms with van der Waals surface area (Å²) in [7, 11) is 0. The lowest BCUT2D eigenvalue weighted by Gasteiger charge is -2.34. The third-order valence-corrected chi connectivity index (χ3v) is 5.31. The molecule has 1 aromatic carbocycles. The summed E-state index contributed by atoms with van der Waals surface area (Å²) in [5.41, 5.74) is 0. The molecule has 112 valence electrons. The van der Waals surface area contributed by atoms with Gasteiger partial charge in [-0.05, 0) is 30.7 Å². The molecule has 2 aliphatic rings. The van der Waals surface area contributed by atoms with Gasteiger partial charge < -0.3 is 10.2 Å². The summed E-state index contributed by atoms with van der Waals surface area (Å²) >= 11 is 7.37. The van der Waals surface area contributed by atoms with Crippen LogP contribution in [0.15, 0.2) is 29.2 Å². The van der Waals surface area contributed by atoms with E-state index in [0.717, 1.165) is 17.9 Å². The van der Waals surface area contributed by atoms with Crippen molar-refractivity contribution in [1.29, 1.82) is 0 Å². The van der Waals surface area contributed by atoms with Crippen molar-refractivity contribution in [1.82, 2.24) is 10.2 Å². The highest BCUT2D eigenvalue weighted by Crippen LogP contribution is 2.26. The number of amides is 2. The molecule has 4 nitrogen and oxygen atoms in total. The van der Waals surface area contributed by atoms with Crippen molar-refractivity contribution in [3.05, 3.63) is 29.3 Å². The Labute approximate surface area is 133 Å². The molecule has 2 heterocycles. The summed E-state index contributed by atoms with van der Waals surface area (Å²) in [6.45, 7) is 1.44. The van der Waals surface area contributed by atoms with E-state index in [-0.39, 0.29) is 23.8 Å². The molecule has 2 amide bonds.